The van der Waals surface area contributed by atoms with Crippen LogP contribution in [0.1, 0.15) is 44.3 Å². The second kappa shape index (κ2) is 6.34. The first-order chi connectivity index (χ1) is 15.8. The quantitative estimate of drug-likeness (QED) is 0.256. The number of ether oxygens (including phenoxy) is 1. The lowest BCUT2D eigenvalue weighted by atomic mass is 9.69. The van der Waals surface area contributed by atoms with Crippen LogP contribution in [0.5, 0.6) is 5.75 Å². The zero-order chi connectivity index (χ0) is 23.1. The summed E-state index contributed by atoms with van der Waals surface area (Å²) in [6.45, 7) is 1.52. The molecule has 7 heteroatoms. The van der Waals surface area contributed by atoms with Gasteiger partial charge in [0.15, 0.2) is 28.9 Å². The van der Waals surface area contributed by atoms with Gasteiger partial charge in [0, 0.05) is 16.7 Å². The molecule has 0 radical (unpaired) electrons. The summed E-state index contributed by atoms with van der Waals surface area (Å²) in [5.74, 6) is 9.90. The van der Waals surface area contributed by atoms with E-state index in [-0.39, 0.29) is 33.5 Å². The number of anilines is 1. The SMILES string of the molecule is CC(O)C12OC13c1cc(O)c4c(c1NC2C#C/C=C\C#C[C@H]3O)C(=O)c1ccccc1C4=O. The fourth-order valence-electron chi connectivity index (χ4n) is 5.39. The van der Waals surface area contributed by atoms with Gasteiger partial charge >= 0.3 is 0 Å². The highest BCUT2D eigenvalue weighted by molar-refractivity contribution is 6.31. The normalized spacial score (nSPS) is 31.6. The molecule has 2 aliphatic carbocycles. The number of ketones is 2. The number of aromatic hydroxyl groups is 1. The fourth-order valence-corrected chi connectivity index (χ4v) is 5.39. The number of epoxide rings is 1. The zero-order valence-corrected chi connectivity index (χ0v) is 17.3. The number of benzene rings is 2. The number of carbonyl (C=O) groups is 2. The number of rotatable bonds is 1. The van der Waals surface area contributed by atoms with E-state index < -0.39 is 46.8 Å². The van der Waals surface area contributed by atoms with Gasteiger partial charge in [0.25, 0.3) is 0 Å². The van der Waals surface area contributed by atoms with Crippen molar-refractivity contribution in [3.63, 3.8) is 0 Å². The third-order valence-corrected chi connectivity index (χ3v) is 6.87. The van der Waals surface area contributed by atoms with Crippen molar-refractivity contribution in [3.05, 3.63) is 70.3 Å². The van der Waals surface area contributed by atoms with E-state index in [1.807, 2.05) is 0 Å². The van der Waals surface area contributed by atoms with Crippen LogP contribution in [0.15, 0.2) is 42.5 Å². The molecule has 2 bridgehead atoms. The van der Waals surface area contributed by atoms with Crippen LogP contribution < -0.4 is 5.32 Å². The lowest BCUT2D eigenvalue weighted by Crippen LogP contribution is -2.54. The lowest BCUT2D eigenvalue weighted by molar-refractivity contribution is 0.0867. The van der Waals surface area contributed by atoms with Gasteiger partial charge in [0.2, 0.25) is 0 Å². The van der Waals surface area contributed by atoms with Crippen LogP contribution in [0.3, 0.4) is 0 Å². The molecule has 0 spiro atoms. The topological polar surface area (TPSA) is 119 Å². The molecule has 2 aromatic rings. The molecule has 2 heterocycles. The Hall–Kier alpha value is -3.88. The summed E-state index contributed by atoms with van der Waals surface area (Å²) in [6, 6.07) is 6.88. The summed E-state index contributed by atoms with van der Waals surface area (Å²) in [7, 11) is 0. The van der Waals surface area contributed by atoms with Crippen molar-refractivity contribution >= 4 is 17.3 Å². The van der Waals surface area contributed by atoms with Gasteiger partial charge in [-0.3, -0.25) is 9.59 Å². The van der Waals surface area contributed by atoms with E-state index in [0.29, 0.717) is 0 Å². The summed E-state index contributed by atoms with van der Waals surface area (Å²) < 4.78 is 6.12. The standard InChI is InChI=1S/C26H17NO6/c1-13(28)25-18-10-4-2-3-5-11-19(30)26(25,33-25)16-12-17(29)20-21(22(16)27-18)24(32)15-9-7-6-8-14(15)23(20)31/h2-3,6-9,12-13,18-19,27-30H,1H3/b3-2-/t13?,18?,19-,25?,26?/m1/s1. The van der Waals surface area contributed by atoms with Gasteiger partial charge in [-0.25, -0.2) is 0 Å². The first-order valence-corrected chi connectivity index (χ1v) is 10.4. The highest BCUT2D eigenvalue weighted by Crippen LogP contribution is 2.67. The van der Waals surface area contributed by atoms with Gasteiger partial charge in [-0.05, 0) is 25.1 Å². The van der Waals surface area contributed by atoms with Gasteiger partial charge in [-0.1, -0.05) is 47.9 Å². The average molecular weight is 439 g/mol. The van der Waals surface area contributed by atoms with Gasteiger partial charge in [-0.15, -0.1) is 0 Å². The summed E-state index contributed by atoms with van der Waals surface area (Å²) in [5.41, 5.74) is -2.18. The van der Waals surface area contributed by atoms with Crippen LogP contribution in [0.25, 0.3) is 0 Å². The summed E-state index contributed by atoms with van der Waals surface area (Å²) in [4.78, 5) is 26.8. The van der Waals surface area contributed by atoms with Gasteiger partial charge in [0.05, 0.1) is 22.9 Å². The number of aliphatic hydroxyl groups excluding tert-OH is 2. The molecule has 0 saturated carbocycles. The average Bonchev–Trinajstić information content (AvgIpc) is 3.53. The largest absolute Gasteiger partial charge is 0.507 e. The van der Waals surface area contributed by atoms with E-state index in [4.69, 9.17) is 4.74 Å². The maximum absolute atomic E-state index is 13.6. The molecule has 2 aromatic carbocycles. The van der Waals surface area contributed by atoms with Crippen molar-refractivity contribution in [2.75, 3.05) is 5.32 Å². The predicted octanol–water partition coefficient (Wildman–Crippen LogP) is 1.24. The number of aliphatic hydroxyl groups is 2. The Morgan fingerprint density at radius 1 is 1.06 bits per heavy atom. The third kappa shape index (κ3) is 2.21. The highest BCUT2D eigenvalue weighted by atomic mass is 16.7. The second-order valence-corrected chi connectivity index (χ2v) is 8.47. The summed E-state index contributed by atoms with van der Waals surface area (Å²) in [6.07, 6.45) is 0.511. The summed E-state index contributed by atoms with van der Waals surface area (Å²) >= 11 is 0. The first-order valence-electron chi connectivity index (χ1n) is 10.4. The minimum absolute atomic E-state index is 0.0117. The third-order valence-electron chi connectivity index (χ3n) is 6.87. The van der Waals surface area contributed by atoms with E-state index in [0.717, 1.165) is 0 Å². The highest BCUT2D eigenvalue weighted by Gasteiger charge is 2.82. The zero-order valence-electron chi connectivity index (χ0n) is 17.3. The molecule has 0 aromatic heterocycles. The molecular formula is C26H17NO6. The molecule has 4 N–H and O–H groups in total. The Balaban J connectivity index is 1.69. The van der Waals surface area contributed by atoms with Crippen molar-refractivity contribution in [1.82, 2.24) is 0 Å². The number of hydrogen-bond acceptors (Lipinski definition) is 7. The van der Waals surface area contributed by atoms with E-state index in [1.54, 1.807) is 24.3 Å². The number of phenols is 1. The number of hydrogen-bond donors (Lipinski definition) is 4. The minimum Gasteiger partial charge on any atom is -0.507 e. The Morgan fingerprint density at radius 2 is 1.70 bits per heavy atom. The van der Waals surface area contributed by atoms with Gasteiger partial charge < -0.3 is 25.4 Å². The number of nitrogens with one attached hydrogen (secondary N) is 1. The molecule has 6 rings (SSSR count). The molecule has 7 nitrogen and oxygen atoms in total. The minimum atomic E-state index is -1.56. The molecule has 2 aliphatic heterocycles. The molecule has 1 saturated heterocycles. The molecule has 4 aliphatic rings. The van der Waals surface area contributed by atoms with Crippen molar-refractivity contribution in [3.8, 4) is 29.4 Å². The van der Waals surface area contributed by atoms with Crippen LogP contribution in [0.2, 0.25) is 0 Å². The van der Waals surface area contributed by atoms with Crippen LogP contribution in [-0.2, 0) is 10.3 Å². The molecule has 33 heavy (non-hydrogen) atoms. The predicted molar refractivity (Wildman–Crippen MR) is 117 cm³/mol. The molecule has 162 valence electrons. The van der Waals surface area contributed by atoms with Crippen LogP contribution in [0, 0.1) is 23.7 Å². The Kier molecular flexibility index (Phi) is 3.80. The maximum Gasteiger partial charge on any atom is 0.198 e. The van der Waals surface area contributed by atoms with Crippen molar-refractivity contribution < 1.29 is 29.6 Å². The van der Waals surface area contributed by atoms with Gasteiger partial charge in [-0.2, -0.15) is 0 Å². The number of carbonyl (C=O) groups excluding carboxylic acids is 2. The number of phenolic OH excluding ortho intramolecular Hbond substituents is 1. The molecule has 0 amide bonds. The van der Waals surface area contributed by atoms with Crippen molar-refractivity contribution in [1.29, 1.82) is 0 Å². The smallest absolute Gasteiger partial charge is 0.198 e. The second-order valence-electron chi connectivity index (χ2n) is 8.47. The van der Waals surface area contributed by atoms with E-state index >= 15 is 0 Å². The summed E-state index contributed by atoms with van der Waals surface area (Å²) in [5, 5.41) is 36.0. The Morgan fingerprint density at radius 3 is 2.36 bits per heavy atom. The molecule has 5 atom stereocenters. The fraction of sp³-hybridized carbons (Fsp3) is 0.231. The van der Waals surface area contributed by atoms with Crippen molar-refractivity contribution in [2.24, 2.45) is 0 Å². The molecule has 4 unspecified atom stereocenters. The van der Waals surface area contributed by atoms with Crippen molar-refractivity contribution in [2.45, 2.75) is 36.4 Å². The van der Waals surface area contributed by atoms with Crippen LogP contribution >= 0.6 is 0 Å². The number of allylic oxidation sites excluding steroid dienone is 2. The van der Waals surface area contributed by atoms with Crippen LogP contribution in [-0.4, -0.2) is 50.7 Å². The van der Waals surface area contributed by atoms with E-state index in [2.05, 4.69) is 29.0 Å². The lowest BCUT2D eigenvalue weighted by Gasteiger charge is -2.37. The molecular weight excluding hydrogens is 422 g/mol. The monoisotopic (exact) mass is 439 g/mol. The molecule has 1 fully saturated rings. The van der Waals surface area contributed by atoms with E-state index in [1.165, 1.54) is 25.1 Å². The van der Waals surface area contributed by atoms with E-state index in [9.17, 15) is 24.9 Å². The van der Waals surface area contributed by atoms with Gasteiger partial charge in [0.1, 0.15) is 11.8 Å². The maximum atomic E-state index is 13.6. The number of fused-ring (bicyclic) bond motifs is 4. The van der Waals surface area contributed by atoms with Crippen LogP contribution in [0.4, 0.5) is 5.69 Å². The first kappa shape index (κ1) is 19.8. The Labute approximate surface area is 188 Å². The Bertz CT molecular complexity index is 1450.